The Balaban J connectivity index is 1.50. The zero-order valence-electron chi connectivity index (χ0n) is 13.3. The molecular weight excluding hydrogens is 293 g/mol. The molecule has 1 aromatic carbocycles. The zero-order chi connectivity index (χ0) is 15.8. The first-order chi connectivity index (χ1) is 11.2. The molecular formula is C18H24FN3O. The number of benzene rings is 1. The fourth-order valence-corrected chi connectivity index (χ4v) is 4.09. The predicted molar refractivity (Wildman–Crippen MR) is 85.7 cm³/mol. The summed E-state index contributed by atoms with van der Waals surface area (Å²) < 4.78 is 13.1. The van der Waals surface area contributed by atoms with Crippen LogP contribution in [0, 0.1) is 17.7 Å². The highest BCUT2D eigenvalue weighted by Gasteiger charge is 2.44. The van der Waals surface area contributed by atoms with E-state index in [4.69, 9.17) is 0 Å². The first-order valence-corrected chi connectivity index (χ1v) is 8.75. The molecule has 5 heteroatoms. The van der Waals surface area contributed by atoms with Gasteiger partial charge in [0.25, 0.3) is 0 Å². The Hall–Kier alpha value is -1.46. The largest absolute Gasteiger partial charge is 0.335 e. The van der Waals surface area contributed by atoms with Crippen molar-refractivity contribution in [2.45, 2.75) is 50.7 Å². The highest BCUT2D eigenvalue weighted by molar-refractivity contribution is 5.80. The Morgan fingerprint density at radius 1 is 1.17 bits per heavy atom. The maximum atomic E-state index is 13.2. The second kappa shape index (κ2) is 6.21. The summed E-state index contributed by atoms with van der Waals surface area (Å²) in [5.41, 5.74) is 7.57. The Kier molecular flexibility index (Phi) is 4.07. The molecule has 124 valence electrons. The number of hydrogen-bond donors (Lipinski definition) is 2. The van der Waals surface area contributed by atoms with Crippen LogP contribution < -0.4 is 10.9 Å². The van der Waals surface area contributed by atoms with E-state index in [9.17, 15) is 9.18 Å². The summed E-state index contributed by atoms with van der Waals surface area (Å²) in [7, 11) is 0. The van der Waals surface area contributed by atoms with Crippen LogP contribution in [0.3, 0.4) is 0 Å². The Bertz CT molecular complexity index is 572. The number of halogens is 1. The van der Waals surface area contributed by atoms with Crippen molar-refractivity contribution in [3.8, 4) is 0 Å². The van der Waals surface area contributed by atoms with E-state index in [0.29, 0.717) is 18.5 Å². The Morgan fingerprint density at radius 3 is 2.70 bits per heavy atom. The summed E-state index contributed by atoms with van der Waals surface area (Å²) in [6.07, 6.45) is 5.51. The van der Waals surface area contributed by atoms with E-state index in [1.807, 2.05) is 4.90 Å². The molecule has 1 amide bonds. The summed E-state index contributed by atoms with van der Waals surface area (Å²) in [6, 6.07) is 7.18. The third-order valence-corrected chi connectivity index (χ3v) is 5.52. The van der Waals surface area contributed by atoms with Gasteiger partial charge in [0.1, 0.15) is 5.82 Å². The van der Waals surface area contributed by atoms with Crippen LogP contribution in [0.4, 0.5) is 4.39 Å². The highest BCUT2D eigenvalue weighted by atomic mass is 19.1. The summed E-state index contributed by atoms with van der Waals surface area (Å²) in [5.74, 6) is 0.700. The Labute approximate surface area is 136 Å². The van der Waals surface area contributed by atoms with E-state index in [1.54, 1.807) is 12.1 Å². The van der Waals surface area contributed by atoms with Gasteiger partial charge in [-0.25, -0.2) is 4.39 Å². The molecule has 2 N–H and O–H groups in total. The van der Waals surface area contributed by atoms with Crippen LogP contribution in [0.1, 0.15) is 37.7 Å². The maximum Gasteiger partial charge on any atom is 0.227 e. The average molecular weight is 317 g/mol. The van der Waals surface area contributed by atoms with Gasteiger partial charge in [0.2, 0.25) is 5.91 Å². The number of carbonyl (C=O) groups excluding carboxylic acids is 1. The number of amides is 1. The zero-order valence-corrected chi connectivity index (χ0v) is 13.3. The molecule has 0 bridgehead atoms. The first kappa shape index (κ1) is 15.1. The number of rotatable bonds is 4. The summed E-state index contributed by atoms with van der Waals surface area (Å²) in [5, 5.41) is 0. The molecule has 1 saturated heterocycles. The predicted octanol–water partition coefficient (Wildman–Crippen LogP) is 2.21. The van der Waals surface area contributed by atoms with E-state index in [1.165, 1.54) is 18.6 Å². The molecule has 4 rings (SSSR count). The number of fused-ring (bicyclic) bond motifs is 1. The SMILES string of the molecule is O=C(C1CCCC2CNNC21)N(Cc1ccc(F)cc1)C1CC1. The lowest BCUT2D eigenvalue weighted by Crippen LogP contribution is -2.49. The molecule has 3 aliphatic rings. The lowest BCUT2D eigenvalue weighted by molar-refractivity contribution is -0.139. The maximum absolute atomic E-state index is 13.2. The lowest BCUT2D eigenvalue weighted by Gasteiger charge is -2.35. The van der Waals surface area contributed by atoms with E-state index < -0.39 is 0 Å². The minimum atomic E-state index is -0.227. The van der Waals surface area contributed by atoms with Crippen molar-refractivity contribution in [3.05, 3.63) is 35.6 Å². The standard InChI is InChI=1S/C18H24FN3O/c19-14-6-4-12(5-7-14)11-22(15-8-9-15)18(23)16-3-1-2-13-10-20-21-17(13)16/h4-7,13,15-17,20-21H,1-3,8-11H2. The summed E-state index contributed by atoms with van der Waals surface area (Å²) in [4.78, 5) is 15.2. The van der Waals surface area contributed by atoms with Crippen LogP contribution in [0.25, 0.3) is 0 Å². The topological polar surface area (TPSA) is 44.4 Å². The van der Waals surface area contributed by atoms with Crippen molar-refractivity contribution >= 4 is 5.91 Å². The molecule has 0 radical (unpaired) electrons. The van der Waals surface area contributed by atoms with Crippen LogP contribution in [0.2, 0.25) is 0 Å². The lowest BCUT2D eigenvalue weighted by atomic mass is 9.77. The number of hydrazine groups is 1. The molecule has 3 unspecified atom stereocenters. The number of nitrogens with zero attached hydrogens (tertiary/aromatic N) is 1. The average Bonchev–Trinajstić information content (AvgIpc) is 3.29. The molecule has 23 heavy (non-hydrogen) atoms. The van der Waals surface area contributed by atoms with Gasteiger partial charge in [0.15, 0.2) is 0 Å². The molecule has 2 saturated carbocycles. The summed E-state index contributed by atoms with van der Waals surface area (Å²) in [6.45, 7) is 1.57. The Morgan fingerprint density at radius 2 is 1.96 bits per heavy atom. The van der Waals surface area contributed by atoms with Crippen molar-refractivity contribution in [1.29, 1.82) is 0 Å². The minimum absolute atomic E-state index is 0.0739. The van der Waals surface area contributed by atoms with Gasteiger partial charge in [-0.1, -0.05) is 18.6 Å². The molecule has 2 aliphatic carbocycles. The van der Waals surface area contributed by atoms with Gasteiger partial charge in [-0.15, -0.1) is 0 Å². The van der Waals surface area contributed by atoms with Gasteiger partial charge in [0.05, 0.1) is 5.92 Å². The molecule has 1 aromatic rings. The van der Waals surface area contributed by atoms with Crippen LogP contribution in [-0.4, -0.2) is 29.4 Å². The smallest absolute Gasteiger partial charge is 0.227 e. The number of nitrogens with one attached hydrogen (secondary N) is 2. The highest BCUT2D eigenvalue weighted by Crippen LogP contribution is 2.36. The fourth-order valence-electron chi connectivity index (χ4n) is 4.09. The van der Waals surface area contributed by atoms with Crippen LogP contribution >= 0.6 is 0 Å². The third kappa shape index (κ3) is 3.12. The number of hydrogen-bond acceptors (Lipinski definition) is 3. The van der Waals surface area contributed by atoms with Crippen LogP contribution in [0.15, 0.2) is 24.3 Å². The molecule has 1 heterocycles. The quantitative estimate of drug-likeness (QED) is 0.895. The minimum Gasteiger partial charge on any atom is -0.335 e. The second-order valence-corrected chi connectivity index (χ2v) is 7.17. The van der Waals surface area contributed by atoms with Gasteiger partial charge in [-0.2, -0.15) is 0 Å². The molecule has 3 atom stereocenters. The van der Waals surface area contributed by atoms with E-state index >= 15 is 0 Å². The van der Waals surface area contributed by atoms with Crippen LogP contribution in [-0.2, 0) is 11.3 Å². The molecule has 3 fully saturated rings. The van der Waals surface area contributed by atoms with E-state index in [-0.39, 0.29) is 23.7 Å². The van der Waals surface area contributed by atoms with Crippen molar-refractivity contribution in [2.75, 3.05) is 6.54 Å². The van der Waals surface area contributed by atoms with Crippen molar-refractivity contribution in [2.24, 2.45) is 11.8 Å². The van der Waals surface area contributed by atoms with Crippen molar-refractivity contribution in [1.82, 2.24) is 15.8 Å². The van der Waals surface area contributed by atoms with E-state index in [2.05, 4.69) is 10.9 Å². The van der Waals surface area contributed by atoms with Gasteiger partial charge in [-0.05, 0) is 49.3 Å². The van der Waals surface area contributed by atoms with Gasteiger partial charge < -0.3 is 4.90 Å². The molecule has 1 aliphatic heterocycles. The monoisotopic (exact) mass is 317 g/mol. The van der Waals surface area contributed by atoms with Crippen molar-refractivity contribution in [3.63, 3.8) is 0 Å². The second-order valence-electron chi connectivity index (χ2n) is 7.17. The van der Waals surface area contributed by atoms with Gasteiger partial charge in [-0.3, -0.25) is 15.6 Å². The molecule has 0 spiro atoms. The van der Waals surface area contributed by atoms with Crippen molar-refractivity contribution < 1.29 is 9.18 Å². The summed E-state index contributed by atoms with van der Waals surface area (Å²) >= 11 is 0. The van der Waals surface area contributed by atoms with Gasteiger partial charge in [0, 0.05) is 25.2 Å². The normalized spacial score (nSPS) is 30.0. The first-order valence-electron chi connectivity index (χ1n) is 8.75. The molecule has 0 aromatic heterocycles. The molecule has 4 nitrogen and oxygen atoms in total. The number of carbonyl (C=O) groups is 1. The van der Waals surface area contributed by atoms with Crippen LogP contribution in [0.5, 0.6) is 0 Å². The van der Waals surface area contributed by atoms with Gasteiger partial charge >= 0.3 is 0 Å². The van der Waals surface area contributed by atoms with E-state index in [0.717, 1.165) is 37.8 Å². The fraction of sp³-hybridized carbons (Fsp3) is 0.611. The third-order valence-electron chi connectivity index (χ3n) is 5.52.